The molecular weight excluding hydrogens is 286 g/mol. The van der Waals surface area contributed by atoms with Gasteiger partial charge in [0.2, 0.25) is 0 Å². The minimum atomic E-state index is 0.0945. The number of benzene rings is 1. The van der Waals surface area contributed by atoms with E-state index in [1.54, 1.807) is 4.52 Å². The number of fused-ring (bicyclic) bond motifs is 1. The summed E-state index contributed by atoms with van der Waals surface area (Å²) in [5, 5.41) is 7.81. The van der Waals surface area contributed by atoms with Crippen molar-refractivity contribution >= 4 is 11.6 Å². The maximum absolute atomic E-state index is 4.38. The van der Waals surface area contributed by atoms with Gasteiger partial charge in [-0.3, -0.25) is 0 Å². The van der Waals surface area contributed by atoms with E-state index in [2.05, 4.69) is 71.5 Å². The van der Waals surface area contributed by atoms with Crippen LogP contribution >= 0.6 is 0 Å². The van der Waals surface area contributed by atoms with Crippen LogP contribution in [-0.4, -0.2) is 25.6 Å². The number of hydrogen-bond donors (Lipinski definition) is 1. The van der Waals surface area contributed by atoms with Crippen molar-refractivity contribution in [2.75, 3.05) is 5.32 Å². The molecule has 0 amide bonds. The molecule has 120 valence electrons. The predicted molar refractivity (Wildman–Crippen MR) is 92.7 cm³/mol. The minimum Gasteiger partial charge on any atom is -0.367 e. The van der Waals surface area contributed by atoms with Crippen molar-refractivity contribution in [1.29, 1.82) is 0 Å². The molecule has 5 heteroatoms. The number of aryl methyl sites for hydroxylation is 1. The zero-order chi connectivity index (χ0) is 16.4. The first-order valence-corrected chi connectivity index (χ1v) is 7.95. The lowest BCUT2D eigenvalue weighted by Gasteiger charge is -2.29. The maximum Gasteiger partial charge on any atom is 0.254 e. The third kappa shape index (κ3) is 3.33. The van der Waals surface area contributed by atoms with Crippen LogP contribution in [0.1, 0.15) is 38.4 Å². The molecule has 1 unspecified atom stereocenters. The average Bonchev–Trinajstić information content (AvgIpc) is 2.96. The van der Waals surface area contributed by atoms with Crippen LogP contribution in [0.25, 0.3) is 5.78 Å². The number of anilines is 1. The summed E-state index contributed by atoms with van der Waals surface area (Å²) in [6.07, 6.45) is 2.54. The van der Waals surface area contributed by atoms with Gasteiger partial charge in [-0.1, -0.05) is 44.2 Å². The number of rotatable bonds is 5. The normalized spacial score (nSPS) is 13.2. The molecule has 0 saturated carbocycles. The van der Waals surface area contributed by atoms with Crippen LogP contribution in [0.5, 0.6) is 0 Å². The lowest BCUT2D eigenvalue weighted by atomic mass is 9.79. The van der Waals surface area contributed by atoms with E-state index in [0.717, 1.165) is 17.9 Å². The molecule has 2 heterocycles. The monoisotopic (exact) mass is 309 g/mol. The van der Waals surface area contributed by atoms with E-state index in [1.165, 1.54) is 11.9 Å². The lowest BCUT2D eigenvalue weighted by molar-refractivity contribution is 0.449. The van der Waals surface area contributed by atoms with E-state index in [-0.39, 0.29) is 5.41 Å². The fraction of sp³-hybridized carbons (Fsp3) is 0.389. The maximum atomic E-state index is 4.38. The van der Waals surface area contributed by atoms with Gasteiger partial charge in [-0.15, -0.1) is 0 Å². The van der Waals surface area contributed by atoms with Gasteiger partial charge in [0.05, 0.1) is 0 Å². The molecule has 2 aromatic heterocycles. The first-order valence-electron chi connectivity index (χ1n) is 7.95. The van der Waals surface area contributed by atoms with Crippen LogP contribution in [-0.2, 0) is 5.41 Å². The molecule has 1 aromatic carbocycles. The van der Waals surface area contributed by atoms with Crippen LogP contribution in [0.4, 0.5) is 5.82 Å². The largest absolute Gasteiger partial charge is 0.367 e. The third-order valence-electron chi connectivity index (χ3n) is 4.15. The van der Waals surface area contributed by atoms with Gasteiger partial charge in [0.1, 0.15) is 12.1 Å². The summed E-state index contributed by atoms with van der Waals surface area (Å²) < 4.78 is 1.75. The van der Waals surface area contributed by atoms with Crippen LogP contribution in [0.15, 0.2) is 42.7 Å². The summed E-state index contributed by atoms with van der Waals surface area (Å²) in [5.41, 5.74) is 2.38. The third-order valence-corrected chi connectivity index (χ3v) is 4.15. The molecular formula is C18H23N5. The average molecular weight is 309 g/mol. The van der Waals surface area contributed by atoms with Crippen molar-refractivity contribution in [3.63, 3.8) is 0 Å². The Labute approximate surface area is 136 Å². The fourth-order valence-corrected chi connectivity index (χ4v) is 3.11. The molecule has 1 atom stereocenters. The number of hydrogen-bond acceptors (Lipinski definition) is 4. The topological polar surface area (TPSA) is 55.1 Å². The highest BCUT2D eigenvalue weighted by Gasteiger charge is 2.23. The summed E-state index contributed by atoms with van der Waals surface area (Å²) >= 11 is 0. The molecule has 0 bridgehead atoms. The zero-order valence-electron chi connectivity index (χ0n) is 14.1. The first kappa shape index (κ1) is 15.5. The van der Waals surface area contributed by atoms with Crippen molar-refractivity contribution in [2.45, 2.75) is 45.6 Å². The number of nitrogens with one attached hydrogen (secondary N) is 1. The van der Waals surface area contributed by atoms with E-state index < -0.39 is 0 Å². The zero-order valence-corrected chi connectivity index (χ0v) is 14.1. The molecule has 3 rings (SSSR count). The smallest absolute Gasteiger partial charge is 0.254 e. The molecule has 5 nitrogen and oxygen atoms in total. The van der Waals surface area contributed by atoms with Crippen LogP contribution in [0.3, 0.4) is 0 Å². The highest BCUT2D eigenvalue weighted by Crippen LogP contribution is 2.29. The van der Waals surface area contributed by atoms with Gasteiger partial charge in [0.15, 0.2) is 0 Å². The Bertz CT molecular complexity index is 792. The van der Waals surface area contributed by atoms with Gasteiger partial charge in [0.25, 0.3) is 5.78 Å². The number of nitrogens with zero attached hydrogens (tertiary/aromatic N) is 4. The molecule has 0 saturated heterocycles. The molecule has 23 heavy (non-hydrogen) atoms. The Kier molecular flexibility index (Phi) is 4.03. The van der Waals surface area contributed by atoms with Gasteiger partial charge in [-0.05, 0) is 31.2 Å². The molecule has 0 aliphatic rings. The minimum absolute atomic E-state index is 0.0945. The van der Waals surface area contributed by atoms with Gasteiger partial charge in [-0.25, -0.2) is 4.98 Å². The van der Waals surface area contributed by atoms with E-state index in [4.69, 9.17) is 0 Å². The second-order valence-electron chi connectivity index (χ2n) is 6.75. The molecule has 0 radical (unpaired) electrons. The second kappa shape index (κ2) is 5.99. The van der Waals surface area contributed by atoms with E-state index >= 15 is 0 Å². The summed E-state index contributed by atoms with van der Waals surface area (Å²) in [7, 11) is 0. The van der Waals surface area contributed by atoms with Crippen LogP contribution in [0.2, 0.25) is 0 Å². The van der Waals surface area contributed by atoms with Crippen molar-refractivity contribution in [3.05, 3.63) is 54.0 Å². The SMILES string of the molecule is Cc1cc(NC(C)CC(C)(C)c2ccccc2)n2ncnc2n1. The van der Waals surface area contributed by atoms with Gasteiger partial charge < -0.3 is 5.32 Å². The van der Waals surface area contributed by atoms with Crippen molar-refractivity contribution in [2.24, 2.45) is 0 Å². The van der Waals surface area contributed by atoms with Crippen molar-refractivity contribution in [3.8, 4) is 0 Å². The Morgan fingerprint density at radius 3 is 2.70 bits per heavy atom. The predicted octanol–water partition coefficient (Wildman–Crippen LogP) is 3.60. The standard InChI is InChI=1S/C18H23N5/c1-13-10-16(23-17(22-13)19-12-20-23)21-14(2)11-18(3,4)15-8-6-5-7-9-15/h5-10,12,14,21H,11H2,1-4H3. The van der Waals surface area contributed by atoms with E-state index in [0.29, 0.717) is 11.8 Å². The molecule has 0 fully saturated rings. The summed E-state index contributed by atoms with van der Waals surface area (Å²) in [5.74, 6) is 1.56. The summed E-state index contributed by atoms with van der Waals surface area (Å²) in [6.45, 7) is 8.73. The molecule has 0 aliphatic heterocycles. The first-order chi connectivity index (χ1) is 11.0. The Morgan fingerprint density at radius 2 is 1.96 bits per heavy atom. The van der Waals surface area contributed by atoms with Crippen LogP contribution in [0, 0.1) is 6.92 Å². The van der Waals surface area contributed by atoms with Crippen molar-refractivity contribution < 1.29 is 0 Å². The quantitative estimate of drug-likeness (QED) is 0.782. The Morgan fingerprint density at radius 1 is 1.22 bits per heavy atom. The molecule has 0 spiro atoms. The molecule has 1 N–H and O–H groups in total. The Balaban J connectivity index is 1.78. The lowest BCUT2D eigenvalue weighted by Crippen LogP contribution is -2.28. The van der Waals surface area contributed by atoms with Gasteiger partial charge >= 0.3 is 0 Å². The highest BCUT2D eigenvalue weighted by atomic mass is 15.4. The molecule has 0 aliphatic carbocycles. The highest BCUT2D eigenvalue weighted by molar-refractivity contribution is 5.45. The van der Waals surface area contributed by atoms with E-state index in [1.807, 2.05) is 13.0 Å². The molecule has 3 aromatic rings. The second-order valence-corrected chi connectivity index (χ2v) is 6.75. The number of aromatic nitrogens is 4. The van der Waals surface area contributed by atoms with Crippen molar-refractivity contribution in [1.82, 2.24) is 19.6 Å². The summed E-state index contributed by atoms with van der Waals surface area (Å²) in [4.78, 5) is 8.55. The Hall–Kier alpha value is -2.43. The van der Waals surface area contributed by atoms with Crippen LogP contribution < -0.4 is 5.32 Å². The van der Waals surface area contributed by atoms with E-state index in [9.17, 15) is 0 Å². The fourth-order valence-electron chi connectivity index (χ4n) is 3.11. The van der Waals surface area contributed by atoms with Gasteiger partial charge in [0, 0.05) is 17.8 Å². The summed E-state index contributed by atoms with van der Waals surface area (Å²) in [6, 6.07) is 12.9. The van der Waals surface area contributed by atoms with Gasteiger partial charge in [-0.2, -0.15) is 14.6 Å².